The highest BCUT2D eigenvalue weighted by molar-refractivity contribution is 8.09. The smallest absolute Gasteiger partial charge is 0.273 e. The van der Waals surface area contributed by atoms with E-state index in [1.807, 2.05) is 18.2 Å². The monoisotopic (exact) mass is 195 g/mol. The summed E-state index contributed by atoms with van der Waals surface area (Å²) in [5, 5.41) is 0. The van der Waals surface area contributed by atoms with E-state index in [0.717, 1.165) is 0 Å². The van der Waals surface area contributed by atoms with Crippen molar-refractivity contribution in [3.05, 3.63) is 30.6 Å². The lowest BCUT2D eigenvalue weighted by atomic mass is 10.5. The zero-order chi connectivity index (χ0) is 8.74. The average molecular weight is 196 g/mol. The van der Waals surface area contributed by atoms with Crippen molar-refractivity contribution in [1.82, 2.24) is 4.98 Å². The van der Waals surface area contributed by atoms with Gasteiger partial charge in [-0.25, -0.2) is 0 Å². The van der Waals surface area contributed by atoms with Crippen LogP contribution in [0.5, 0.6) is 0 Å². The molecule has 0 aliphatic heterocycles. The number of halogens is 1. The summed E-state index contributed by atoms with van der Waals surface area (Å²) in [5.74, 6) is 0. The number of hydrogen-bond acceptors (Lipinski definition) is 3. The number of pyridine rings is 1. The van der Waals surface area contributed by atoms with Gasteiger partial charge in [0.2, 0.25) is 0 Å². The summed E-state index contributed by atoms with van der Waals surface area (Å²) >= 11 is 0. The number of hydrogen-bond donors (Lipinski definition) is 1. The molecule has 0 radical (unpaired) electrons. The summed E-state index contributed by atoms with van der Waals surface area (Å²) in [5.41, 5.74) is 0. The van der Waals surface area contributed by atoms with E-state index >= 15 is 0 Å². The Bertz CT molecular complexity index is 238. The first-order valence-corrected chi connectivity index (χ1v) is 4.79. The molecule has 0 saturated heterocycles. The van der Waals surface area contributed by atoms with E-state index in [9.17, 15) is 0 Å². The lowest BCUT2D eigenvalue weighted by molar-refractivity contribution is 0.501. The molecule has 0 aliphatic carbocycles. The second-order valence-corrected chi connectivity index (χ2v) is 3.43. The van der Waals surface area contributed by atoms with E-state index < -0.39 is 9.33 Å². The number of rotatable bonds is 0. The van der Waals surface area contributed by atoms with Crippen LogP contribution in [0.15, 0.2) is 30.6 Å². The molecule has 0 spiro atoms. The molecule has 0 aromatic carbocycles. The molecular formula is C5H6ClNO3S. The molecule has 0 unspecified atom stereocenters. The maximum absolute atomic E-state index is 8.95. The third kappa shape index (κ3) is 17.6. The van der Waals surface area contributed by atoms with Crippen LogP contribution >= 0.6 is 10.7 Å². The summed E-state index contributed by atoms with van der Waals surface area (Å²) in [4.78, 5) is 3.78. The van der Waals surface area contributed by atoms with E-state index in [1.54, 1.807) is 12.4 Å². The van der Waals surface area contributed by atoms with Crippen molar-refractivity contribution in [3.8, 4) is 0 Å². The molecule has 0 fully saturated rings. The maximum Gasteiger partial charge on any atom is 0.353 e. The van der Waals surface area contributed by atoms with Crippen molar-refractivity contribution in [2.24, 2.45) is 0 Å². The van der Waals surface area contributed by atoms with Crippen LogP contribution in [0, 0.1) is 0 Å². The van der Waals surface area contributed by atoms with Crippen molar-refractivity contribution in [2.75, 3.05) is 0 Å². The molecule has 4 nitrogen and oxygen atoms in total. The topological polar surface area (TPSA) is 67.3 Å². The highest BCUT2D eigenvalue weighted by atomic mass is 35.7. The zero-order valence-corrected chi connectivity index (χ0v) is 6.96. The summed E-state index contributed by atoms with van der Waals surface area (Å²) in [7, 11) is -0.137. The van der Waals surface area contributed by atoms with Crippen LogP contribution in [0.1, 0.15) is 0 Å². The minimum Gasteiger partial charge on any atom is -0.273 e. The van der Waals surface area contributed by atoms with Crippen molar-refractivity contribution >= 4 is 20.0 Å². The Morgan fingerprint density at radius 3 is 1.64 bits per heavy atom. The fourth-order valence-corrected chi connectivity index (χ4v) is 0.313. The molecular weight excluding hydrogens is 190 g/mol. The number of aromatic nitrogens is 1. The quantitative estimate of drug-likeness (QED) is 0.498. The first-order chi connectivity index (χ1) is 5.00. The Labute approximate surface area is 69.1 Å². The molecule has 11 heavy (non-hydrogen) atoms. The van der Waals surface area contributed by atoms with Gasteiger partial charge in [0.15, 0.2) is 0 Å². The highest BCUT2D eigenvalue weighted by Gasteiger charge is 1.86. The van der Waals surface area contributed by atoms with E-state index in [1.165, 1.54) is 0 Å². The molecule has 1 heterocycles. The largest absolute Gasteiger partial charge is 0.353 e. The van der Waals surface area contributed by atoms with Crippen molar-refractivity contribution in [1.29, 1.82) is 0 Å². The van der Waals surface area contributed by atoms with Gasteiger partial charge < -0.3 is 0 Å². The summed E-state index contributed by atoms with van der Waals surface area (Å²) in [6.45, 7) is 0. The minimum absolute atomic E-state index is 1.75. The Morgan fingerprint density at radius 1 is 1.18 bits per heavy atom. The van der Waals surface area contributed by atoms with E-state index in [-0.39, 0.29) is 0 Å². The van der Waals surface area contributed by atoms with Gasteiger partial charge in [0.1, 0.15) is 0 Å². The van der Waals surface area contributed by atoms with Crippen LogP contribution in [0.2, 0.25) is 0 Å². The predicted molar refractivity (Wildman–Crippen MR) is 41.6 cm³/mol. The second-order valence-electron chi connectivity index (χ2n) is 1.44. The van der Waals surface area contributed by atoms with Crippen molar-refractivity contribution in [2.45, 2.75) is 0 Å². The number of nitrogens with zero attached hydrogens (tertiary/aromatic N) is 1. The highest BCUT2D eigenvalue weighted by Crippen LogP contribution is 1.82. The van der Waals surface area contributed by atoms with Crippen molar-refractivity contribution in [3.63, 3.8) is 0 Å². The first kappa shape index (κ1) is 10.3. The standard InChI is InChI=1S/C5H5N.ClHO3S/c1-2-4-6-5-3-1;1-5(2,3)4/h1-5H;(H,2,3,4). The summed E-state index contributed by atoms with van der Waals surface area (Å²) in [6.07, 6.45) is 3.50. The minimum atomic E-state index is -4.19. The Morgan fingerprint density at radius 2 is 1.55 bits per heavy atom. The van der Waals surface area contributed by atoms with Gasteiger partial charge in [0.05, 0.1) is 0 Å². The molecule has 0 amide bonds. The SMILES string of the molecule is O=S(=O)(O)Cl.c1ccncc1. The normalized spacial score (nSPS) is 9.64. The van der Waals surface area contributed by atoms with Gasteiger partial charge in [-0.3, -0.25) is 9.54 Å². The van der Waals surface area contributed by atoms with Gasteiger partial charge in [-0.1, -0.05) is 6.07 Å². The summed E-state index contributed by atoms with van der Waals surface area (Å²) in [6, 6.07) is 5.72. The first-order valence-electron chi connectivity index (χ1n) is 2.52. The van der Waals surface area contributed by atoms with Crippen LogP contribution < -0.4 is 0 Å². The Kier molecular flexibility index (Phi) is 4.76. The van der Waals surface area contributed by atoms with Gasteiger partial charge >= 0.3 is 9.33 Å². The molecule has 0 aliphatic rings. The van der Waals surface area contributed by atoms with E-state index in [4.69, 9.17) is 13.0 Å². The van der Waals surface area contributed by atoms with Gasteiger partial charge in [0.25, 0.3) is 0 Å². The Balaban J connectivity index is 0.000000187. The molecule has 1 aromatic rings. The maximum atomic E-state index is 8.95. The zero-order valence-electron chi connectivity index (χ0n) is 5.38. The van der Waals surface area contributed by atoms with Crippen LogP contribution in [0.4, 0.5) is 0 Å². The fraction of sp³-hybridized carbons (Fsp3) is 0. The second kappa shape index (κ2) is 5.06. The lowest BCUT2D eigenvalue weighted by Crippen LogP contribution is -1.77. The molecule has 0 atom stereocenters. The summed E-state index contributed by atoms with van der Waals surface area (Å²) < 4.78 is 25.2. The predicted octanol–water partition coefficient (Wildman–Crippen LogP) is 1.11. The van der Waals surface area contributed by atoms with Gasteiger partial charge in [-0.15, -0.1) is 0 Å². The molecule has 1 rings (SSSR count). The molecule has 0 saturated carbocycles. The lowest BCUT2D eigenvalue weighted by Gasteiger charge is -1.70. The van der Waals surface area contributed by atoms with Crippen LogP contribution in [-0.4, -0.2) is 18.0 Å². The third-order valence-electron chi connectivity index (χ3n) is 0.566. The van der Waals surface area contributed by atoms with Crippen LogP contribution in [0.3, 0.4) is 0 Å². The van der Waals surface area contributed by atoms with Gasteiger partial charge in [0, 0.05) is 23.1 Å². The fourth-order valence-electron chi connectivity index (χ4n) is 0.313. The van der Waals surface area contributed by atoms with Crippen LogP contribution in [-0.2, 0) is 9.33 Å². The third-order valence-corrected chi connectivity index (χ3v) is 0.566. The van der Waals surface area contributed by atoms with E-state index in [0.29, 0.717) is 0 Å². The molecule has 0 bridgehead atoms. The van der Waals surface area contributed by atoms with Gasteiger partial charge in [-0.2, -0.15) is 8.42 Å². The molecule has 62 valence electrons. The van der Waals surface area contributed by atoms with Crippen molar-refractivity contribution < 1.29 is 13.0 Å². The molecule has 1 N–H and O–H groups in total. The average Bonchev–Trinajstić information content (AvgIpc) is 1.88. The molecule has 6 heteroatoms. The Hall–Kier alpha value is -0.650. The molecule has 1 aromatic heterocycles. The van der Waals surface area contributed by atoms with E-state index in [2.05, 4.69) is 15.7 Å². The van der Waals surface area contributed by atoms with Crippen LogP contribution in [0.25, 0.3) is 0 Å². The van der Waals surface area contributed by atoms with Gasteiger partial charge in [-0.05, 0) is 12.1 Å².